The minimum absolute atomic E-state index is 0.0474. The fourth-order valence-corrected chi connectivity index (χ4v) is 1.01. The van der Waals surface area contributed by atoms with Crippen molar-refractivity contribution in [2.45, 2.75) is 19.2 Å². The van der Waals surface area contributed by atoms with Crippen molar-refractivity contribution < 1.29 is 18.3 Å². The second kappa shape index (κ2) is 3.98. The zero-order chi connectivity index (χ0) is 11.6. The maximum Gasteiger partial charge on any atom is 0.418 e. The van der Waals surface area contributed by atoms with Gasteiger partial charge < -0.3 is 10.5 Å². The Balaban J connectivity index is 3.06. The highest BCUT2D eigenvalue weighted by Gasteiger charge is 2.39. The maximum atomic E-state index is 12.1. The van der Waals surface area contributed by atoms with Gasteiger partial charge in [0.25, 0.3) is 0 Å². The van der Waals surface area contributed by atoms with Gasteiger partial charge in [0.1, 0.15) is 0 Å². The van der Waals surface area contributed by atoms with Crippen LogP contribution in [0.1, 0.15) is 24.3 Å². The Morgan fingerprint density at radius 3 is 2.60 bits per heavy atom. The second-order valence-electron chi connectivity index (χ2n) is 3.04. The first kappa shape index (κ1) is 11.6. The number of hydrogen-bond donors (Lipinski definition) is 2. The van der Waals surface area contributed by atoms with Crippen LogP contribution in [-0.4, -0.2) is 22.0 Å². The second-order valence-corrected chi connectivity index (χ2v) is 3.04. The number of aliphatic hydroxyl groups excluding tert-OH is 1. The molecule has 0 aromatic carbocycles. The molecule has 0 saturated carbocycles. The van der Waals surface area contributed by atoms with E-state index >= 15 is 0 Å². The summed E-state index contributed by atoms with van der Waals surface area (Å²) >= 11 is 0. The highest BCUT2D eigenvalue weighted by atomic mass is 19.4. The molecule has 1 atom stereocenters. The molecule has 0 saturated heterocycles. The van der Waals surface area contributed by atoms with Crippen molar-refractivity contribution in [1.82, 2.24) is 4.98 Å². The molecule has 0 amide bonds. The summed E-state index contributed by atoms with van der Waals surface area (Å²) in [6, 6.07) is 2.13. The molecule has 0 aliphatic carbocycles. The molecule has 1 heterocycles. The van der Waals surface area contributed by atoms with E-state index in [4.69, 9.17) is 10.5 Å². The molecule has 0 fully saturated rings. The van der Waals surface area contributed by atoms with Crippen molar-refractivity contribution >= 4 is 5.71 Å². The van der Waals surface area contributed by atoms with Crippen LogP contribution in [0.15, 0.2) is 18.3 Å². The van der Waals surface area contributed by atoms with E-state index in [1.165, 1.54) is 6.92 Å². The SMILES string of the molecule is CC(=N)c1cc(C(O)C(F)(F)F)ccn1. The van der Waals surface area contributed by atoms with Gasteiger partial charge in [-0.15, -0.1) is 0 Å². The van der Waals surface area contributed by atoms with E-state index in [1.54, 1.807) is 0 Å². The Kier molecular flexibility index (Phi) is 3.09. The lowest BCUT2D eigenvalue weighted by Gasteiger charge is -2.14. The summed E-state index contributed by atoms with van der Waals surface area (Å²) < 4.78 is 36.4. The van der Waals surface area contributed by atoms with Crippen molar-refractivity contribution in [2.24, 2.45) is 0 Å². The molecule has 2 N–H and O–H groups in total. The fourth-order valence-electron chi connectivity index (χ4n) is 1.01. The number of alkyl halides is 3. The van der Waals surface area contributed by atoms with E-state index in [-0.39, 0.29) is 17.0 Å². The molecule has 0 aliphatic rings. The summed E-state index contributed by atoms with van der Waals surface area (Å²) in [5, 5.41) is 16.1. The van der Waals surface area contributed by atoms with E-state index < -0.39 is 12.3 Å². The number of aliphatic hydroxyl groups is 1. The summed E-state index contributed by atoms with van der Waals surface area (Å²) in [6.45, 7) is 1.41. The summed E-state index contributed by atoms with van der Waals surface area (Å²) in [5.41, 5.74) is -0.138. The van der Waals surface area contributed by atoms with Crippen LogP contribution >= 0.6 is 0 Å². The topological polar surface area (TPSA) is 57.0 Å². The molecule has 0 aliphatic heterocycles. The number of nitrogens with one attached hydrogen (secondary N) is 1. The number of pyridine rings is 1. The molecule has 82 valence electrons. The Labute approximate surface area is 84.1 Å². The molecule has 0 spiro atoms. The van der Waals surface area contributed by atoms with Gasteiger partial charge >= 0.3 is 6.18 Å². The predicted molar refractivity (Wildman–Crippen MR) is 47.8 cm³/mol. The van der Waals surface area contributed by atoms with Gasteiger partial charge in [0.05, 0.1) is 11.4 Å². The number of rotatable bonds is 2. The molecule has 0 radical (unpaired) electrons. The third-order valence-corrected chi connectivity index (χ3v) is 1.79. The largest absolute Gasteiger partial charge is 0.418 e. The van der Waals surface area contributed by atoms with Crippen molar-refractivity contribution in [3.05, 3.63) is 29.6 Å². The summed E-state index contributed by atoms with van der Waals surface area (Å²) in [4.78, 5) is 3.70. The lowest BCUT2D eigenvalue weighted by atomic mass is 10.1. The minimum atomic E-state index is -4.70. The van der Waals surface area contributed by atoms with Crippen molar-refractivity contribution in [3.63, 3.8) is 0 Å². The lowest BCUT2D eigenvalue weighted by molar-refractivity contribution is -0.206. The van der Waals surface area contributed by atoms with E-state index in [0.29, 0.717) is 0 Å². The van der Waals surface area contributed by atoms with Gasteiger partial charge in [-0.05, 0) is 24.6 Å². The van der Waals surface area contributed by atoms with Crippen LogP contribution in [0.25, 0.3) is 0 Å². The molecule has 1 rings (SSSR count). The molecule has 1 aromatic rings. The van der Waals surface area contributed by atoms with Crippen LogP contribution < -0.4 is 0 Å². The zero-order valence-electron chi connectivity index (χ0n) is 7.84. The molecule has 1 unspecified atom stereocenters. The molecule has 3 nitrogen and oxygen atoms in total. The quantitative estimate of drug-likeness (QED) is 0.746. The Morgan fingerprint density at radius 1 is 1.53 bits per heavy atom. The average molecular weight is 218 g/mol. The highest BCUT2D eigenvalue weighted by molar-refractivity contribution is 5.94. The highest BCUT2D eigenvalue weighted by Crippen LogP contribution is 2.32. The number of halogens is 3. The van der Waals surface area contributed by atoms with Crippen molar-refractivity contribution in [1.29, 1.82) is 5.41 Å². The Morgan fingerprint density at radius 2 is 2.13 bits per heavy atom. The molecule has 15 heavy (non-hydrogen) atoms. The third-order valence-electron chi connectivity index (χ3n) is 1.79. The van der Waals surface area contributed by atoms with Gasteiger partial charge in [0.2, 0.25) is 0 Å². The van der Waals surface area contributed by atoms with Gasteiger partial charge in [0.15, 0.2) is 6.10 Å². The van der Waals surface area contributed by atoms with E-state index in [0.717, 1.165) is 18.3 Å². The van der Waals surface area contributed by atoms with Crippen molar-refractivity contribution in [3.8, 4) is 0 Å². The Bertz CT molecular complexity index is 376. The smallest absolute Gasteiger partial charge is 0.379 e. The van der Waals surface area contributed by atoms with Gasteiger partial charge in [-0.1, -0.05) is 0 Å². The van der Waals surface area contributed by atoms with Crippen LogP contribution in [0.2, 0.25) is 0 Å². The summed E-state index contributed by atoms with van der Waals surface area (Å²) in [5.74, 6) is 0. The monoisotopic (exact) mass is 218 g/mol. The standard InChI is InChI=1S/C9H9F3N2O/c1-5(13)7-4-6(2-3-14-7)8(15)9(10,11)12/h2-4,8,13,15H,1H3. The van der Waals surface area contributed by atoms with E-state index in [9.17, 15) is 13.2 Å². The van der Waals surface area contributed by atoms with Gasteiger partial charge in [-0.3, -0.25) is 4.98 Å². The molecule has 1 aromatic heterocycles. The number of hydrogen-bond acceptors (Lipinski definition) is 3. The van der Waals surface area contributed by atoms with Crippen LogP contribution in [0.5, 0.6) is 0 Å². The molecule has 6 heteroatoms. The Hall–Kier alpha value is -1.43. The van der Waals surface area contributed by atoms with Crippen LogP contribution in [0.3, 0.4) is 0 Å². The first-order valence-corrected chi connectivity index (χ1v) is 4.08. The van der Waals surface area contributed by atoms with Gasteiger partial charge in [-0.2, -0.15) is 13.2 Å². The van der Waals surface area contributed by atoms with Gasteiger partial charge in [-0.25, -0.2) is 0 Å². The first-order valence-electron chi connectivity index (χ1n) is 4.08. The molecular formula is C9H9F3N2O. The van der Waals surface area contributed by atoms with Crippen LogP contribution in [-0.2, 0) is 0 Å². The maximum absolute atomic E-state index is 12.1. The lowest BCUT2D eigenvalue weighted by Crippen LogP contribution is -2.20. The average Bonchev–Trinajstić information content (AvgIpc) is 2.15. The first-order chi connectivity index (χ1) is 6.82. The predicted octanol–water partition coefficient (Wildman–Crippen LogP) is 2.07. The normalized spacial score (nSPS) is 13.7. The summed E-state index contributed by atoms with van der Waals surface area (Å²) in [7, 11) is 0. The fraction of sp³-hybridized carbons (Fsp3) is 0.333. The number of nitrogens with zero attached hydrogens (tertiary/aromatic N) is 1. The van der Waals surface area contributed by atoms with Crippen LogP contribution in [0, 0.1) is 5.41 Å². The minimum Gasteiger partial charge on any atom is -0.379 e. The third kappa shape index (κ3) is 2.76. The van der Waals surface area contributed by atoms with Crippen LogP contribution in [0.4, 0.5) is 13.2 Å². The molecular weight excluding hydrogens is 209 g/mol. The van der Waals surface area contributed by atoms with Gasteiger partial charge in [0, 0.05) is 6.20 Å². The van der Waals surface area contributed by atoms with E-state index in [2.05, 4.69) is 4.98 Å². The van der Waals surface area contributed by atoms with E-state index in [1.807, 2.05) is 0 Å². The zero-order valence-corrected chi connectivity index (χ0v) is 7.84. The number of aromatic nitrogens is 1. The van der Waals surface area contributed by atoms with Crippen molar-refractivity contribution in [2.75, 3.05) is 0 Å². The molecule has 0 bridgehead atoms. The summed E-state index contributed by atoms with van der Waals surface area (Å²) in [6.07, 6.45) is -6.09.